The van der Waals surface area contributed by atoms with Crippen molar-refractivity contribution >= 4 is 29.1 Å². The first-order chi connectivity index (χ1) is 18.1. The number of carbonyl (C=O) groups is 2. The van der Waals surface area contributed by atoms with Crippen LogP contribution in [-0.4, -0.2) is 29.6 Å². The third-order valence-electron chi connectivity index (χ3n) is 6.28. The van der Waals surface area contributed by atoms with Crippen molar-refractivity contribution in [3.05, 3.63) is 99.8 Å². The molecule has 200 valence electrons. The molecule has 6 nitrogen and oxygen atoms in total. The number of nitrogens with zero attached hydrogens (tertiary/aromatic N) is 1. The van der Waals surface area contributed by atoms with Crippen molar-refractivity contribution in [3.63, 3.8) is 0 Å². The summed E-state index contributed by atoms with van der Waals surface area (Å²) in [5.74, 6) is -1.19. The zero-order chi connectivity index (χ0) is 27.4. The highest BCUT2D eigenvalue weighted by Crippen LogP contribution is 2.41. The lowest BCUT2D eigenvalue weighted by Gasteiger charge is -2.31. The van der Waals surface area contributed by atoms with Crippen LogP contribution < -0.4 is 10.2 Å². The van der Waals surface area contributed by atoms with Crippen LogP contribution in [0.25, 0.3) is 0 Å². The highest BCUT2D eigenvalue weighted by molar-refractivity contribution is 6.30. The summed E-state index contributed by atoms with van der Waals surface area (Å²) < 4.78 is 20.5. The van der Waals surface area contributed by atoms with Gasteiger partial charge in [-0.15, -0.1) is 0 Å². The number of amides is 2. The van der Waals surface area contributed by atoms with E-state index in [4.69, 9.17) is 16.3 Å². The Kier molecular flexibility index (Phi) is 8.51. The molecular weight excluding hydrogens is 507 g/mol. The largest absolute Gasteiger partial charge is 0.392 e. The van der Waals surface area contributed by atoms with Gasteiger partial charge in [0.15, 0.2) is 0 Å². The number of fused-ring (bicyclic) bond motifs is 1. The standard InChI is InChI=1S/C30H32ClFN2O4/c1-30(2,3)18-34-25-12-11-22(31)14-23(25)28(20-9-6-7-19(13-20)17-35)38-26(29(34)37)15-27(36)33-16-21-8-4-5-10-24(21)32/h4-14,26,28,35H,15-18H2,1-3H3,(H,33,36). The van der Waals surface area contributed by atoms with Crippen LogP contribution >= 0.6 is 11.6 Å². The molecule has 2 N–H and O–H groups in total. The van der Waals surface area contributed by atoms with Crippen molar-refractivity contribution < 1.29 is 23.8 Å². The summed E-state index contributed by atoms with van der Waals surface area (Å²) in [6.45, 7) is 6.32. The molecule has 8 heteroatoms. The first-order valence-corrected chi connectivity index (χ1v) is 12.9. The summed E-state index contributed by atoms with van der Waals surface area (Å²) in [6.07, 6.45) is -2.06. The average molecular weight is 539 g/mol. The molecule has 2 unspecified atom stereocenters. The van der Waals surface area contributed by atoms with Gasteiger partial charge in [0.25, 0.3) is 5.91 Å². The van der Waals surface area contributed by atoms with Crippen molar-refractivity contribution in [1.29, 1.82) is 0 Å². The van der Waals surface area contributed by atoms with Crippen LogP contribution in [0.4, 0.5) is 10.1 Å². The van der Waals surface area contributed by atoms with Crippen LogP contribution in [0.1, 0.15) is 55.5 Å². The van der Waals surface area contributed by atoms with Crippen molar-refractivity contribution in [3.8, 4) is 0 Å². The van der Waals surface area contributed by atoms with E-state index in [1.54, 1.807) is 47.4 Å². The van der Waals surface area contributed by atoms with Gasteiger partial charge in [0.05, 0.1) is 13.0 Å². The maximum atomic E-state index is 14.0. The second-order valence-corrected chi connectivity index (χ2v) is 11.1. The Morgan fingerprint density at radius 2 is 1.87 bits per heavy atom. The topological polar surface area (TPSA) is 78.9 Å². The van der Waals surface area contributed by atoms with E-state index in [9.17, 15) is 19.1 Å². The SMILES string of the molecule is CC(C)(C)CN1C(=O)C(CC(=O)NCc2ccccc2F)OC(c2cccc(CO)c2)c2cc(Cl)ccc21. The van der Waals surface area contributed by atoms with E-state index in [2.05, 4.69) is 5.32 Å². The molecule has 3 aromatic carbocycles. The minimum atomic E-state index is -1.10. The Hall–Kier alpha value is -3.26. The molecule has 3 aromatic rings. The van der Waals surface area contributed by atoms with Crippen molar-refractivity contribution in [2.75, 3.05) is 11.4 Å². The minimum Gasteiger partial charge on any atom is -0.392 e. The number of ether oxygens (including phenoxy) is 1. The van der Waals surface area contributed by atoms with Gasteiger partial charge in [-0.3, -0.25) is 9.59 Å². The molecule has 2 amide bonds. The smallest absolute Gasteiger partial charge is 0.256 e. The number of anilines is 1. The minimum absolute atomic E-state index is 0.00404. The maximum Gasteiger partial charge on any atom is 0.256 e. The molecule has 0 fully saturated rings. The molecule has 0 saturated heterocycles. The Morgan fingerprint density at radius 3 is 2.58 bits per heavy atom. The van der Waals surface area contributed by atoms with Crippen molar-refractivity contribution in [1.82, 2.24) is 5.32 Å². The molecule has 2 atom stereocenters. The molecule has 1 aliphatic heterocycles. The number of rotatable bonds is 7. The summed E-state index contributed by atoms with van der Waals surface area (Å²) in [6, 6.07) is 18.8. The van der Waals surface area contributed by atoms with Gasteiger partial charge in [0.2, 0.25) is 5.91 Å². The number of carbonyl (C=O) groups excluding carboxylic acids is 2. The summed E-state index contributed by atoms with van der Waals surface area (Å²) in [7, 11) is 0. The molecule has 38 heavy (non-hydrogen) atoms. The molecule has 0 aliphatic carbocycles. The molecule has 1 aliphatic rings. The van der Waals surface area contributed by atoms with Crippen molar-refractivity contribution in [2.45, 2.75) is 52.6 Å². The van der Waals surface area contributed by atoms with Crippen LogP contribution in [-0.2, 0) is 27.5 Å². The third kappa shape index (κ3) is 6.59. The van der Waals surface area contributed by atoms with E-state index in [0.29, 0.717) is 33.9 Å². The number of nitrogens with one attached hydrogen (secondary N) is 1. The van der Waals surface area contributed by atoms with E-state index in [1.165, 1.54) is 6.07 Å². The van der Waals surface area contributed by atoms with Crippen LogP contribution in [0.2, 0.25) is 5.02 Å². The normalized spacial score (nSPS) is 17.6. The fraction of sp³-hybridized carbons (Fsp3) is 0.333. The predicted molar refractivity (Wildman–Crippen MR) is 145 cm³/mol. The number of halogens is 2. The van der Waals surface area contributed by atoms with E-state index in [-0.39, 0.29) is 30.9 Å². The number of hydrogen-bond acceptors (Lipinski definition) is 4. The number of aliphatic hydroxyl groups excluding tert-OH is 1. The van der Waals surface area contributed by atoms with Gasteiger partial charge in [-0.2, -0.15) is 0 Å². The molecule has 0 aromatic heterocycles. The van der Waals surface area contributed by atoms with Gasteiger partial charge in [0.1, 0.15) is 18.0 Å². The molecule has 0 saturated carbocycles. The van der Waals surface area contributed by atoms with Gasteiger partial charge in [-0.25, -0.2) is 4.39 Å². The maximum absolute atomic E-state index is 14.0. The van der Waals surface area contributed by atoms with E-state index < -0.39 is 23.9 Å². The zero-order valence-corrected chi connectivity index (χ0v) is 22.5. The van der Waals surface area contributed by atoms with Gasteiger partial charge in [-0.05, 0) is 40.8 Å². The summed E-state index contributed by atoms with van der Waals surface area (Å²) in [4.78, 5) is 28.6. The molecule has 1 heterocycles. The summed E-state index contributed by atoms with van der Waals surface area (Å²) in [5, 5.41) is 12.9. The number of hydrogen-bond donors (Lipinski definition) is 2. The van der Waals surface area contributed by atoms with Gasteiger partial charge in [-0.1, -0.05) is 74.8 Å². The fourth-order valence-corrected chi connectivity index (χ4v) is 4.71. The highest BCUT2D eigenvalue weighted by atomic mass is 35.5. The molecule has 0 radical (unpaired) electrons. The van der Waals surface area contributed by atoms with E-state index in [1.807, 2.05) is 39.0 Å². The average Bonchev–Trinajstić information content (AvgIpc) is 2.98. The predicted octanol–water partition coefficient (Wildman–Crippen LogP) is 5.55. The monoisotopic (exact) mass is 538 g/mol. The number of benzene rings is 3. The summed E-state index contributed by atoms with van der Waals surface area (Å²) in [5.41, 5.74) is 2.87. The van der Waals surface area contributed by atoms with Crippen LogP contribution in [0.5, 0.6) is 0 Å². The quantitative estimate of drug-likeness (QED) is 0.414. The second-order valence-electron chi connectivity index (χ2n) is 10.7. The van der Waals surface area contributed by atoms with E-state index >= 15 is 0 Å². The van der Waals surface area contributed by atoms with Crippen molar-refractivity contribution in [2.24, 2.45) is 5.41 Å². The van der Waals surface area contributed by atoms with Gasteiger partial charge < -0.3 is 20.1 Å². The Bertz CT molecular complexity index is 1320. The lowest BCUT2D eigenvalue weighted by atomic mass is 9.94. The summed E-state index contributed by atoms with van der Waals surface area (Å²) >= 11 is 6.40. The Morgan fingerprint density at radius 1 is 1.11 bits per heavy atom. The Balaban J connectivity index is 1.70. The first kappa shape index (κ1) is 27.8. The van der Waals surface area contributed by atoms with Crippen LogP contribution in [0.3, 0.4) is 0 Å². The zero-order valence-electron chi connectivity index (χ0n) is 21.7. The first-order valence-electron chi connectivity index (χ1n) is 12.5. The highest BCUT2D eigenvalue weighted by Gasteiger charge is 2.39. The molecule has 0 spiro atoms. The molecular formula is C30H32ClFN2O4. The number of aliphatic hydroxyl groups is 1. The van der Waals surface area contributed by atoms with Gasteiger partial charge in [0, 0.05) is 34.9 Å². The fourth-order valence-electron chi connectivity index (χ4n) is 4.53. The lowest BCUT2D eigenvalue weighted by molar-refractivity contribution is -0.138. The Labute approximate surface area is 227 Å². The van der Waals surface area contributed by atoms with Crippen LogP contribution in [0.15, 0.2) is 66.7 Å². The van der Waals surface area contributed by atoms with Crippen LogP contribution in [0, 0.1) is 11.2 Å². The second kappa shape index (κ2) is 11.6. The molecule has 0 bridgehead atoms. The van der Waals surface area contributed by atoms with Gasteiger partial charge >= 0.3 is 0 Å². The molecule has 4 rings (SSSR count). The third-order valence-corrected chi connectivity index (χ3v) is 6.51. The van der Waals surface area contributed by atoms with E-state index in [0.717, 1.165) is 5.56 Å². The lowest BCUT2D eigenvalue weighted by Crippen LogP contribution is -2.45.